The number of nitrogens with zero attached hydrogens (tertiary/aromatic N) is 3. The van der Waals surface area contributed by atoms with E-state index in [0.717, 1.165) is 46.4 Å². The van der Waals surface area contributed by atoms with Crippen LogP contribution in [-0.4, -0.2) is 61.2 Å². The molecular formula is C27H32BrN3O3S2. The summed E-state index contributed by atoms with van der Waals surface area (Å²) in [5.41, 5.74) is 2.15. The van der Waals surface area contributed by atoms with Crippen molar-refractivity contribution >= 4 is 43.2 Å². The monoisotopic (exact) mass is 589 g/mol. The molecule has 2 aromatic carbocycles. The molecule has 192 valence electrons. The van der Waals surface area contributed by atoms with Gasteiger partial charge in [-0.05, 0) is 79.7 Å². The average Bonchev–Trinajstić information content (AvgIpc) is 3.54. The Morgan fingerprint density at radius 2 is 1.69 bits per heavy atom. The zero-order valence-electron chi connectivity index (χ0n) is 20.5. The molecule has 0 radical (unpaired) electrons. The molecule has 0 saturated carbocycles. The normalized spacial score (nSPS) is 14.4. The molecule has 1 aliphatic heterocycles. The molecule has 0 aliphatic carbocycles. The van der Waals surface area contributed by atoms with Gasteiger partial charge in [0, 0.05) is 29.0 Å². The number of rotatable bonds is 11. The smallest absolute Gasteiger partial charge is 0.243 e. The van der Waals surface area contributed by atoms with E-state index >= 15 is 0 Å². The highest BCUT2D eigenvalue weighted by Crippen LogP contribution is 2.22. The van der Waals surface area contributed by atoms with Crippen molar-refractivity contribution in [3.8, 4) is 0 Å². The first-order chi connectivity index (χ1) is 17.3. The summed E-state index contributed by atoms with van der Waals surface area (Å²) in [7, 11) is -3.84. The fraction of sp³-hybridized carbons (Fsp3) is 0.370. The molecule has 36 heavy (non-hydrogen) atoms. The maximum absolute atomic E-state index is 13.7. The van der Waals surface area contributed by atoms with Crippen molar-refractivity contribution < 1.29 is 13.2 Å². The summed E-state index contributed by atoms with van der Waals surface area (Å²) in [6, 6.07) is 18.5. The molecule has 9 heteroatoms. The Morgan fingerprint density at radius 3 is 2.33 bits per heavy atom. The summed E-state index contributed by atoms with van der Waals surface area (Å²) in [4.78, 5) is 19.1. The van der Waals surface area contributed by atoms with E-state index in [1.54, 1.807) is 40.5 Å². The summed E-state index contributed by atoms with van der Waals surface area (Å²) in [5.74, 6) is -0.200. The van der Waals surface area contributed by atoms with Gasteiger partial charge in [-0.25, -0.2) is 8.42 Å². The number of halogens is 1. The number of amides is 1. The van der Waals surface area contributed by atoms with Crippen LogP contribution in [0.25, 0.3) is 0 Å². The van der Waals surface area contributed by atoms with E-state index in [-0.39, 0.29) is 23.9 Å². The van der Waals surface area contributed by atoms with Crippen LogP contribution < -0.4 is 0 Å². The topological polar surface area (TPSA) is 60.9 Å². The first-order valence-corrected chi connectivity index (χ1v) is 15.3. The molecule has 0 spiro atoms. The third kappa shape index (κ3) is 7.04. The van der Waals surface area contributed by atoms with Crippen molar-refractivity contribution in [2.24, 2.45) is 0 Å². The maximum Gasteiger partial charge on any atom is 0.243 e. The lowest BCUT2D eigenvalue weighted by molar-refractivity contribution is -0.132. The standard InChI is InChI=1S/C27H32BrN3O3S2/c1-22-13-18-35-26(22)20-30(19-23-7-3-2-4-8-23)27(32)21-31(17-16-29-14-5-6-15-29)36(33,34)25-11-9-24(28)10-12-25/h2-4,7-13,18H,5-6,14-17,19-21H2,1H3. The number of aryl methyl sites for hydroxylation is 1. The van der Waals surface area contributed by atoms with E-state index in [0.29, 0.717) is 19.6 Å². The van der Waals surface area contributed by atoms with E-state index in [1.807, 2.05) is 48.7 Å². The first kappa shape index (κ1) is 27.0. The molecular weight excluding hydrogens is 558 g/mol. The van der Waals surface area contributed by atoms with Gasteiger partial charge in [0.1, 0.15) is 0 Å². The molecule has 0 atom stereocenters. The van der Waals surface area contributed by atoms with E-state index in [1.165, 1.54) is 4.31 Å². The lowest BCUT2D eigenvalue weighted by atomic mass is 10.2. The van der Waals surface area contributed by atoms with Crippen LogP contribution in [0.4, 0.5) is 0 Å². The molecule has 2 heterocycles. The van der Waals surface area contributed by atoms with Crippen LogP contribution in [0.1, 0.15) is 28.8 Å². The van der Waals surface area contributed by atoms with E-state index in [2.05, 4.69) is 20.8 Å². The Labute approximate surface area is 226 Å². The van der Waals surface area contributed by atoms with Gasteiger partial charge in [0.05, 0.1) is 18.0 Å². The predicted molar refractivity (Wildman–Crippen MR) is 148 cm³/mol. The number of sulfonamides is 1. The quantitative estimate of drug-likeness (QED) is 0.311. The van der Waals surface area contributed by atoms with Gasteiger partial charge in [-0.3, -0.25) is 4.79 Å². The highest BCUT2D eigenvalue weighted by Gasteiger charge is 2.29. The second-order valence-corrected chi connectivity index (χ2v) is 13.0. The Bertz CT molecular complexity index is 1240. The number of likely N-dealkylation sites (tertiary alicyclic amines) is 1. The third-order valence-corrected chi connectivity index (χ3v) is 9.89. The first-order valence-electron chi connectivity index (χ1n) is 12.2. The highest BCUT2D eigenvalue weighted by atomic mass is 79.9. The van der Waals surface area contributed by atoms with Gasteiger partial charge in [-0.15, -0.1) is 11.3 Å². The number of carbonyl (C=O) groups excluding carboxylic acids is 1. The molecule has 1 amide bonds. The fourth-order valence-electron chi connectivity index (χ4n) is 4.33. The average molecular weight is 591 g/mol. The minimum absolute atomic E-state index is 0.191. The Hall–Kier alpha value is -2.04. The summed E-state index contributed by atoms with van der Waals surface area (Å²) in [5, 5.41) is 2.02. The summed E-state index contributed by atoms with van der Waals surface area (Å²) < 4.78 is 29.5. The Balaban J connectivity index is 1.58. The van der Waals surface area contributed by atoms with Gasteiger partial charge >= 0.3 is 0 Å². The number of hydrogen-bond donors (Lipinski definition) is 0. The summed E-state index contributed by atoms with van der Waals surface area (Å²) in [6.45, 7) is 5.56. The molecule has 1 aromatic heterocycles. The minimum atomic E-state index is -3.84. The molecule has 6 nitrogen and oxygen atoms in total. The van der Waals surface area contributed by atoms with Gasteiger partial charge in [0.2, 0.25) is 15.9 Å². The maximum atomic E-state index is 13.7. The van der Waals surface area contributed by atoms with Gasteiger partial charge in [0.25, 0.3) is 0 Å². The number of benzene rings is 2. The zero-order chi connectivity index (χ0) is 25.5. The van der Waals surface area contributed by atoms with Gasteiger partial charge in [-0.1, -0.05) is 46.3 Å². The number of carbonyl (C=O) groups is 1. The summed E-state index contributed by atoms with van der Waals surface area (Å²) in [6.07, 6.45) is 2.26. The van der Waals surface area contributed by atoms with Crippen molar-refractivity contribution in [2.75, 3.05) is 32.7 Å². The van der Waals surface area contributed by atoms with E-state index in [9.17, 15) is 13.2 Å². The summed E-state index contributed by atoms with van der Waals surface area (Å²) >= 11 is 4.99. The van der Waals surface area contributed by atoms with Crippen LogP contribution in [0.5, 0.6) is 0 Å². The van der Waals surface area contributed by atoms with Crippen molar-refractivity contribution in [1.29, 1.82) is 0 Å². The molecule has 1 saturated heterocycles. The zero-order valence-corrected chi connectivity index (χ0v) is 23.7. The molecule has 0 N–H and O–H groups in total. The second-order valence-electron chi connectivity index (χ2n) is 9.10. The van der Waals surface area contributed by atoms with E-state index < -0.39 is 10.0 Å². The lowest BCUT2D eigenvalue weighted by Crippen LogP contribution is -2.45. The van der Waals surface area contributed by atoms with Crippen molar-refractivity contribution in [2.45, 2.75) is 37.8 Å². The molecule has 0 unspecified atom stereocenters. The molecule has 1 fully saturated rings. The molecule has 1 aliphatic rings. The fourth-order valence-corrected chi connectivity index (χ4v) is 6.89. The second kappa shape index (κ2) is 12.5. The van der Waals surface area contributed by atoms with Gasteiger partial charge in [0.15, 0.2) is 0 Å². The minimum Gasteiger partial charge on any atom is -0.332 e. The largest absolute Gasteiger partial charge is 0.332 e. The Kier molecular flexibility index (Phi) is 9.35. The van der Waals surface area contributed by atoms with Crippen LogP contribution in [-0.2, 0) is 27.9 Å². The third-order valence-electron chi connectivity index (χ3n) is 6.50. The number of thiophene rings is 1. The van der Waals surface area contributed by atoms with Crippen LogP contribution >= 0.6 is 27.3 Å². The molecule has 3 aromatic rings. The predicted octanol–water partition coefficient (Wildman–Crippen LogP) is 5.13. The van der Waals surface area contributed by atoms with Crippen LogP contribution in [0, 0.1) is 6.92 Å². The number of hydrogen-bond acceptors (Lipinski definition) is 5. The molecule has 0 bridgehead atoms. The Morgan fingerprint density at radius 1 is 1.00 bits per heavy atom. The van der Waals surface area contributed by atoms with Gasteiger partial charge < -0.3 is 9.80 Å². The van der Waals surface area contributed by atoms with Crippen LogP contribution in [0.3, 0.4) is 0 Å². The highest BCUT2D eigenvalue weighted by molar-refractivity contribution is 9.10. The SMILES string of the molecule is Cc1ccsc1CN(Cc1ccccc1)C(=O)CN(CCN1CCCC1)S(=O)(=O)c1ccc(Br)cc1. The van der Waals surface area contributed by atoms with Crippen molar-refractivity contribution in [1.82, 2.24) is 14.1 Å². The van der Waals surface area contributed by atoms with Crippen LogP contribution in [0.15, 0.2) is 75.4 Å². The molecule has 4 rings (SSSR count). The van der Waals surface area contributed by atoms with Gasteiger partial charge in [-0.2, -0.15) is 4.31 Å². The van der Waals surface area contributed by atoms with Crippen LogP contribution in [0.2, 0.25) is 0 Å². The van der Waals surface area contributed by atoms with Crippen molar-refractivity contribution in [3.63, 3.8) is 0 Å². The van der Waals surface area contributed by atoms with E-state index in [4.69, 9.17) is 0 Å². The lowest BCUT2D eigenvalue weighted by Gasteiger charge is -2.28. The van der Waals surface area contributed by atoms with Crippen molar-refractivity contribution in [3.05, 3.63) is 86.5 Å².